The molecule has 3 nitrogen and oxygen atoms in total. The Morgan fingerprint density at radius 1 is 1.21 bits per heavy atom. The van der Waals surface area contributed by atoms with Crippen molar-refractivity contribution in [2.45, 2.75) is 6.42 Å². The number of hydrogen-bond donors (Lipinski definition) is 1. The van der Waals surface area contributed by atoms with Crippen LogP contribution < -0.4 is 9.47 Å². The van der Waals surface area contributed by atoms with E-state index in [9.17, 15) is 0 Å². The fourth-order valence-corrected chi connectivity index (χ4v) is 1.94. The summed E-state index contributed by atoms with van der Waals surface area (Å²) in [6.07, 6.45) is 0.622. The average molecular weight is 259 g/mol. The van der Waals surface area contributed by atoms with Crippen molar-refractivity contribution >= 4 is 15.9 Å². The van der Waals surface area contributed by atoms with Gasteiger partial charge in [0.1, 0.15) is 13.2 Å². The average Bonchev–Trinajstić information content (AvgIpc) is 2.19. The van der Waals surface area contributed by atoms with Gasteiger partial charge in [-0.25, -0.2) is 0 Å². The van der Waals surface area contributed by atoms with E-state index in [1.165, 1.54) is 0 Å². The predicted octanol–water partition coefficient (Wildman–Crippen LogP) is 1.76. The number of benzene rings is 1. The minimum absolute atomic E-state index is 0.137. The zero-order valence-electron chi connectivity index (χ0n) is 7.62. The van der Waals surface area contributed by atoms with Crippen molar-refractivity contribution in [2.75, 3.05) is 19.8 Å². The van der Waals surface area contributed by atoms with Gasteiger partial charge in [0.2, 0.25) is 0 Å². The molecular weight excluding hydrogens is 248 g/mol. The van der Waals surface area contributed by atoms with Crippen LogP contribution in [0.15, 0.2) is 16.6 Å². The molecule has 0 bridgehead atoms. The highest BCUT2D eigenvalue weighted by molar-refractivity contribution is 9.10. The van der Waals surface area contributed by atoms with Gasteiger partial charge in [-0.05, 0) is 24.1 Å². The third-order valence-corrected chi connectivity index (χ3v) is 2.83. The monoisotopic (exact) mass is 258 g/mol. The summed E-state index contributed by atoms with van der Waals surface area (Å²) in [5.74, 6) is 1.53. The molecule has 2 rings (SSSR count). The van der Waals surface area contributed by atoms with E-state index in [1.807, 2.05) is 12.1 Å². The van der Waals surface area contributed by atoms with Crippen LogP contribution in [0.25, 0.3) is 0 Å². The number of hydrogen-bond acceptors (Lipinski definition) is 3. The first kappa shape index (κ1) is 9.80. The van der Waals surface area contributed by atoms with Gasteiger partial charge in [-0.2, -0.15) is 0 Å². The van der Waals surface area contributed by atoms with Gasteiger partial charge in [0.25, 0.3) is 0 Å². The molecule has 1 heterocycles. The Morgan fingerprint density at radius 2 is 1.86 bits per heavy atom. The molecule has 1 aromatic carbocycles. The van der Waals surface area contributed by atoms with E-state index < -0.39 is 0 Å². The lowest BCUT2D eigenvalue weighted by atomic mass is 10.1. The second kappa shape index (κ2) is 4.19. The van der Waals surface area contributed by atoms with Crippen LogP contribution >= 0.6 is 15.9 Å². The van der Waals surface area contributed by atoms with Crippen molar-refractivity contribution in [3.8, 4) is 11.5 Å². The SMILES string of the molecule is OCCc1cc2c(cc1Br)OCCO2. The van der Waals surface area contributed by atoms with Crippen LogP contribution in [-0.2, 0) is 6.42 Å². The Kier molecular flexibility index (Phi) is 2.93. The first-order valence-corrected chi connectivity index (χ1v) is 5.29. The minimum Gasteiger partial charge on any atom is -0.486 e. The second-order valence-corrected chi connectivity index (χ2v) is 3.92. The Morgan fingerprint density at radius 3 is 2.50 bits per heavy atom. The van der Waals surface area contributed by atoms with Crippen LogP contribution in [-0.4, -0.2) is 24.9 Å². The lowest BCUT2D eigenvalue weighted by Gasteiger charge is -2.19. The van der Waals surface area contributed by atoms with Gasteiger partial charge in [0.05, 0.1) is 0 Å². The van der Waals surface area contributed by atoms with E-state index in [-0.39, 0.29) is 6.61 Å². The maximum atomic E-state index is 8.86. The molecule has 1 aromatic rings. The predicted molar refractivity (Wildman–Crippen MR) is 55.9 cm³/mol. The summed E-state index contributed by atoms with van der Waals surface area (Å²) in [7, 11) is 0. The zero-order valence-corrected chi connectivity index (χ0v) is 9.21. The smallest absolute Gasteiger partial charge is 0.162 e. The van der Waals surface area contributed by atoms with Gasteiger partial charge in [0.15, 0.2) is 11.5 Å². The fourth-order valence-electron chi connectivity index (χ4n) is 1.42. The third kappa shape index (κ3) is 1.86. The highest BCUT2D eigenvalue weighted by Gasteiger charge is 2.14. The second-order valence-electron chi connectivity index (χ2n) is 3.06. The van der Waals surface area contributed by atoms with Gasteiger partial charge in [-0.1, -0.05) is 15.9 Å². The van der Waals surface area contributed by atoms with Gasteiger partial charge in [0, 0.05) is 11.1 Å². The molecule has 14 heavy (non-hydrogen) atoms. The molecule has 0 aromatic heterocycles. The van der Waals surface area contributed by atoms with Crippen molar-refractivity contribution in [1.82, 2.24) is 0 Å². The normalized spacial score (nSPS) is 14.1. The van der Waals surface area contributed by atoms with Gasteiger partial charge in [-0.3, -0.25) is 0 Å². The van der Waals surface area contributed by atoms with Crippen molar-refractivity contribution < 1.29 is 14.6 Å². The van der Waals surface area contributed by atoms with E-state index in [4.69, 9.17) is 14.6 Å². The quantitative estimate of drug-likeness (QED) is 0.879. The molecule has 0 atom stereocenters. The molecular formula is C10H11BrO3. The summed E-state index contributed by atoms with van der Waals surface area (Å²) >= 11 is 3.43. The molecule has 0 aliphatic carbocycles. The Balaban J connectivity index is 2.35. The van der Waals surface area contributed by atoms with Crippen molar-refractivity contribution in [3.05, 3.63) is 22.2 Å². The Labute approximate surface area is 90.8 Å². The molecule has 0 fully saturated rings. The van der Waals surface area contributed by atoms with Crippen LogP contribution in [0.5, 0.6) is 11.5 Å². The summed E-state index contributed by atoms with van der Waals surface area (Å²) < 4.78 is 11.8. The molecule has 0 saturated carbocycles. The number of aliphatic hydroxyl groups excluding tert-OH is 1. The fraction of sp³-hybridized carbons (Fsp3) is 0.400. The van der Waals surface area contributed by atoms with Crippen LogP contribution in [0.3, 0.4) is 0 Å². The number of halogens is 1. The highest BCUT2D eigenvalue weighted by Crippen LogP contribution is 2.35. The molecule has 1 aliphatic heterocycles. The lowest BCUT2D eigenvalue weighted by molar-refractivity contribution is 0.171. The van der Waals surface area contributed by atoms with Crippen molar-refractivity contribution in [3.63, 3.8) is 0 Å². The van der Waals surface area contributed by atoms with Gasteiger partial charge in [-0.15, -0.1) is 0 Å². The summed E-state index contributed by atoms with van der Waals surface area (Å²) in [6, 6.07) is 3.80. The summed E-state index contributed by atoms with van der Waals surface area (Å²) in [5, 5.41) is 8.86. The zero-order chi connectivity index (χ0) is 9.97. The number of aliphatic hydroxyl groups is 1. The van der Waals surface area contributed by atoms with Gasteiger partial charge < -0.3 is 14.6 Å². The lowest BCUT2D eigenvalue weighted by Crippen LogP contribution is -2.15. The first-order chi connectivity index (χ1) is 6.81. The van der Waals surface area contributed by atoms with E-state index in [2.05, 4.69) is 15.9 Å². The van der Waals surface area contributed by atoms with E-state index in [0.717, 1.165) is 21.5 Å². The van der Waals surface area contributed by atoms with Crippen LogP contribution in [0.1, 0.15) is 5.56 Å². The molecule has 0 spiro atoms. The first-order valence-electron chi connectivity index (χ1n) is 4.50. The number of rotatable bonds is 2. The number of ether oxygens (including phenoxy) is 2. The largest absolute Gasteiger partial charge is 0.486 e. The third-order valence-electron chi connectivity index (χ3n) is 2.09. The molecule has 4 heteroatoms. The maximum Gasteiger partial charge on any atom is 0.162 e. The Bertz CT molecular complexity index is 338. The van der Waals surface area contributed by atoms with Crippen LogP contribution in [0.4, 0.5) is 0 Å². The molecule has 1 aliphatic rings. The van der Waals surface area contributed by atoms with E-state index in [1.54, 1.807) is 0 Å². The molecule has 0 unspecified atom stereocenters. The topological polar surface area (TPSA) is 38.7 Å². The highest BCUT2D eigenvalue weighted by atomic mass is 79.9. The molecule has 76 valence electrons. The van der Waals surface area contributed by atoms with Crippen molar-refractivity contribution in [2.24, 2.45) is 0 Å². The summed E-state index contributed by atoms with van der Waals surface area (Å²) in [5.41, 5.74) is 1.04. The van der Waals surface area contributed by atoms with Gasteiger partial charge >= 0.3 is 0 Å². The van der Waals surface area contributed by atoms with E-state index >= 15 is 0 Å². The minimum atomic E-state index is 0.137. The summed E-state index contributed by atoms with van der Waals surface area (Å²) in [4.78, 5) is 0. The van der Waals surface area contributed by atoms with Crippen LogP contribution in [0.2, 0.25) is 0 Å². The van der Waals surface area contributed by atoms with E-state index in [0.29, 0.717) is 19.6 Å². The molecule has 1 N–H and O–H groups in total. The molecule has 0 amide bonds. The van der Waals surface area contributed by atoms with Crippen LogP contribution in [0, 0.1) is 0 Å². The standard InChI is InChI=1S/C10H11BrO3/c11-8-6-10-9(13-3-4-14-10)5-7(8)1-2-12/h5-6,12H,1-4H2. The molecule has 0 saturated heterocycles. The van der Waals surface area contributed by atoms with Crippen molar-refractivity contribution in [1.29, 1.82) is 0 Å². The summed E-state index contributed by atoms with van der Waals surface area (Å²) in [6.45, 7) is 1.32. The maximum absolute atomic E-state index is 8.86. The Hall–Kier alpha value is -0.740. The number of fused-ring (bicyclic) bond motifs is 1. The molecule has 0 radical (unpaired) electrons.